The maximum Gasteiger partial charge on any atom is 0.460 e. The Hall–Kier alpha value is -2.17. The summed E-state index contributed by atoms with van der Waals surface area (Å²) in [6, 6.07) is 8.19. The maximum atomic E-state index is 13.2. The number of carbonyl (C=O) groups is 1. The standard InChI is InChI=1S/C13H7F7N2OS/c14-11(15,12(16,17)13(18,19)20)9(23)22-10-21-8(6-24-10)7-4-2-1-3-5-7/h1-6H,(H,21,22,23). The highest BCUT2D eigenvalue weighted by Crippen LogP contribution is 2.47. The Morgan fingerprint density at radius 1 is 1.00 bits per heavy atom. The molecule has 24 heavy (non-hydrogen) atoms. The number of rotatable bonds is 4. The van der Waals surface area contributed by atoms with Crippen molar-refractivity contribution in [3.05, 3.63) is 35.7 Å². The highest BCUT2D eigenvalue weighted by Gasteiger charge is 2.76. The van der Waals surface area contributed by atoms with Crippen molar-refractivity contribution in [3.8, 4) is 11.3 Å². The minimum absolute atomic E-state index is 0.238. The predicted octanol–water partition coefficient (Wildman–Crippen LogP) is 4.58. The monoisotopic (exact) mass is 372 g/mol. The van der Waals surface area contributed by atoms with Gasteiger partial charge in [0.2, 0.25) is 0 Å². The highest BCUT2D eigenvalue weighted by molar-refractivity contribution is 7.14. The number of amides is 1. The van der Waals surface area contributed by atoms with E-state index in [-0.39, 0.29) is 5.69 Å². The largest absolute Gasteiger partial charge is 0.460 e. The number of benzene rings is 1. The zero-order valence-corrected chi connectivity index (χ0v) is 12.2. The van der Waals surface area contributed by atoms with E-state index >= 15 is 0 Å². The zero-order chi connectivity index (χ0) is 18.2. The average Bonchev–Trinajstić information content (AvgIpc) is 2.95. The van der Waals surface area contributed by atoms with Crippen molar-refractivity contribution in [2.45, 2.75) is 18.0 Å². The minimum atomic E-state index is -6.58. The molecule has 0 radical (unpaired) electrons. The fraction of sp³-hybridized carbons (Fsp3) is 0.231. The van der Waals surface area contributed by atoms with Crippen molar-refractivity contribution in [2.75, 3.05) is 5.32 Å². The number of alkyl halides is 7. The number of carbonyl (C=O) groups excluding carboxylic acids is 1. The summed E-state index contributed by atoms with van der Waals surface area (Å²) in [6.07, 6.45) is -6.58. The van der Waals surface area contributed by atoms with Gasteiger partial charge >= 0.3 is 23.9 Å². The summed E-state index contributed by atoms with van der Waals surface area (Å²) in [5, 5.41) is 2.08. The van der Waals surface area contributed by atoms with Crippen LogP contribution in [0.2, 0.25) is 0 Å². The number of hydrogen-bond donors (Lipinski definition) is 1. The fourth-order valence-corrected chi connectivity index (χ4v) is 2.28. The molecule has 0 aliphatic carbocycles. The van der Waals surface area contributed by atoms with E-state index in [4.69, 9.17) is 0 Å². The van der Waals surface area contributed by atoms with Crippen LogP contribution >= 0.6 is 11.3 Å². The molecule has 0 bridgehead atoms. The van der Waals surface area contributed by atoms with Gasteiger partial charge in [-0.3, -0.25) is 10.1 Å². The van der Waals surface area contributed by atoms with Crippen molar-refractivity contribution in [3.63, 3.8) is 0 Å². The molecular formula is C13H7F7N2OS. The third-order valence-electron chi connectivity index (χ3n) is 2.83. The van der Waals surface area contributed by atoms with Crippen LogP contribution in [0.4, 0.5) is 35.9 Å². The molecule has 1 N–H and O–H groups in total. The summed E-state index contributed by atoms with van der Waals surface area (Å²) in [7, 11) is 0. The molecule has 1 amide bonds. The SMILES string of the molecule is O=C(Nc1nc(-c2ccccc2)cs1)C(F)(F)C(F)(F)C(F)(F)F. The van der Waals surface area contributed by atoms with Gasteiger partial charge in [-0.1, -0.05) is 30.3 Å². The number of thiazole rings is 1. The van der Waals surface area contributed by atoms with Gasteiger partial charge in [0.05, 0.1) is 5.69 Å². The molecule has 0 atom stereocenters. The van der Waals surface area contributed by atoms with Crippen LogP contribution < -0.4 is 5.32 Å². The van der Waals surface area contributed by atoms with Gasteiger partial charge in [0.1, 0.15) is 0 Å². The molecule has 1 aromatic heterocycles. The van der Waals surface area contributed by atoms with Crippen LogP contribution in [0.5, 0.6) is 0 Å². The Kier molecular flexibility index (Phi) is 4.57. The molecule has 130 valence electrons. The average molecular weight is 372 g/mol. The topological polar surface area (TPSA) is 42.0 Å². The minimum Gasteiger partial charge on any atom is -0.296 e. The number of hydrogen-bond acceptors (Lipinski definition) is 3. The molecule has 0 unspecified atom stereocenters. The molecule has 0 aliphatic rings. The van der Waals surface area contributed by atoms with Crippen LogP contribution in [0.25, 0.3) is 11.3 Å². The van der Waals surface area contributed by atoms with Gasteiger partial charge in [-0.15, -0.1) is 11.3 Å². The van der Waals surface area contributed by atoms with E-state index in [9.17, 15) is 35.5 Å². The van der Waals surface area contributed by atoms with E-state index in [0.29, 0.717) is 16.9 Å². The van der Waals surface area contributed by atoms with Crippen LogP contribution in [0, 0.1) is 0 Å². The first-order chi connectivity index (χ1) is 11.0. The smallest absolute Gasteiger partial charge is 0.296 e. The molecule has 11 heteroatoms. The normalized spacial score (nSPS) is 13.0. The molecule has 2 rings (SSSR count). The van der Waals surface area contributed by atoms with Crippen molar-refractivity contribution < 1.29 is 35.5 Å². The quantitative estimate of drug-likeness (QED) is 0.799. The summed E-state index contributed by atoms with van der Waals surface area (Å²) in [5.74, 6) is -15.3. The lowest BCUT2D eigenvalue weighted by Gasteiger charge is -2.26. The Morgan fingerprint density at radius 2 is 1.58 bits per heavy atom. The number of nitrogens with one attached hydrogen (secondary N) is 1. The molecule has 0 saturated carbocycles. The van der Waals surface area contributed by atoms with Crippen molar-refractivity contribution in [2.24, 2.45) is 0 Å². The van der Waals surface area contributed by atoms with Gasteiger partial charge in [0, 0.05) is 10.9 Å². The van der Waals surface area contributed by atoms with Crippen LogP contribution in [0.15, 0.2) is 35.7 Å². The summed E-state index contributed by atoms with van der Waals surface area (Å²) in [6.45, 7) is 0. The summed E-state index contributed by atoms with van der Waals surface area (Å²) in [4.78, 5) is 14.9. The Bertz CT molecular complexity index is 727. The second-order valence-corrected chi connectivity index (χ2v) is 5.36. The first-order valence-corrected chi connectivity index (χ1v) is 6.99. The molecule has 0 saturated heterocycles. The molecule has 3 nitrogen and oxygen atoms in total. The van der Waals surface area contributed by atoms with E-state index in [2.05, 4.69) is 4.98 Å². The molecule has 1 heterocycles. The second-order valence-electron chi connectivity index (χ2n) is 4.50. The second kappa shape index (κ2) is 6.04. The number of aromatic nitrogens is 1. The fourth-order valence-electron chi connectivity index (χ4n) is 1.57. The van der Waals surface area contributed by atoms with Gasteiger partial charge in [-0.2, -0.15) is 30.7 Å². The van der Waals surface area contributed by atoms with Crippen molar-refractivity contribution in [1.82, 2.24) is 4.98 Å². The lowest BCUT2D eigenvalue weighted by atomic mass is 10.1. The van der Waals surface area contributed by atoms with Gasteiger partial charge in [-0.25, -0.2) is 4.98 Å². The molecule has 2 aromatic rings. The van der Waals surface area contributed by atoms with Crippen molar-refractivity contribution >= 4 is 22.4 Å². The maximum absolute atomic E-state index is 13.2. The van der Waals surface area contributed by atoms with Gasteiger partial charge in [0.25, 0.3) is 0 Å². The number of anilines is 1. The van der Waals surface area contributed by atoms with E-state index in [1.54, 1.807) is 30.3 Å². The summed E-state index contributed by atoms with van der Waals surface area (Å²) >= 11 is 0.604. The number of halogens is 7. The zero-order valence-electron chi connectivity index (χ0n) is 11.4. The summed E-state index contributed by atoms with van der Waals surface area (Å²) in [5.41, 5.74) is 0.781. The molecule has 0 aliphatic heterocycles. The third-order valence-corrected chi connectivity index (χ3v) is 3.59. The Morgan fingerprint density at radius 3 is 2.12 bits per heavy atom. The Balaban J connectivity index is 2.20. The van der Waals surface area contributed by atoms with Crippen LogP contribution in [-0.4, -0.2) is 28.9 Å². The lowest BCUT2D eigenvalue weighted by Crippen LogP contribution is -2.57. The summed E-state index contributed by atoms with van der Waals surface area (Å²) < 4.78 is 88.1. The van der Waals surface area contributed by atoms with Gasteiger partial charge < -0.3 is 0 Å². The van der Waals surface area contributed by atoms with E-state index in [0.717, 1.165) is 0 Å². The van der Waals surface area contributed by atoms with Gasteiger partial charge in [0.15, 0.2) is 5.13 Å². The van der Waals surface area contributed by atoms with E-state index in [1.165, 1.54) is 10.7 Å². The molecule has 1 aromatic carbocycles. The predicted molar refractivity (Wildman–Crippen MR) is 72.1 cm³/mol. The van der Waals surface area contributed by atoms with E-state index in [1.807, 2.05) is 0 Å². The lowest BCUT2D eigenvalue weighted by molar-refractivity contribution is -0.343. The van der Waals surface area contributed by atoms with Crippen LogP contribution in [0.1, 0.15) is 0 Å². The van der Waals surface area contributed by atoms with Gasteiger partial charge in [-0.05, 0) is 0 Å². The van der Waals surface area contributed by atoms with Crippen LogP contribution in [0.3, 0.4) is 0 Å². The first-order valence-electron chi connectivity index (χ1n) is 6.11. The number of nitrogens with zero attached hydrogens (tertiary/aromatic N) is 1. The molecule has 0 spiro atoms. The first kappa shape index (κ1) is 18.2. The third kappa shape index (κ3) is 3.21. The Labute approximate surface area is 134 Å². The highest BCUT2D eigenvalue weighted by atomic mass is 32.1. The molecule has 0 fully saturated rings. The molecular weight excluding hydrogens is 365 g/mol. The van der Waals surface area contributed by atoms with Crippen LogP contribution in [-0.2, 0) is 4.79 Å². The van der Waals surface area contributed by atoms with Crippen molar-refractivity contribution in [1.29, 1.82) is 0 Å². The van der Waals surface area contributed by atoms with E-state index < -0.39 is 29.1 Å².